The van der Waals surface area contributed by atoms with E-state index in [9.17, 15) is 0 Å². The van der Waals surface area contributed by atoms with Gasteiger partial charge in [-0.1, -0.05) is 195 Å². The van der Waals surface area contributed by atoms with Gasteiger partial charge in [0, 0.05) is 33.4 Å². The second kappa shape index (κ2) is 17.2. The molecule has 66 heavy (non-hydrogen) atoms. The zero-order valence-electron chi connectivity index (χ0n) is 37.0. The number of fused-ring (bicyclic) bond motifs is 4. The van der Waals surface area contributed by atoms with Crippen LogP contribution < -0.4 is 4.90 Å². The first-order chi connectivity index (χ1) is 32.8. The summed E-state index contributed by atoms with van der Waals surface area (Å²) in [6.07, 6.45) is 6.46. The van der Waals surface area contributed by atoms with Crippen molar-refractivity contribution < 1.29 is 0 Å². The highest BCUT2D eigenvalue weighted by Gasteiger charge is 2.24. The molecule has 1 heterocycles. The van der Waals surface area contributed by atoms with E-state index in [1.807, 2.05) is 0 Å². The zero-order chi connectivity index (χ0) is 43.8. The third-order valence-corrected chi connectivity index (χ3v) is 14.0. The minimum atomic E-state index is 0.577. The van der Waals surface area contributed by atoms with Gasteiger partial charge in [0.1, 0.15) is 0 Å². The van der Waals surface area contributed by atoms with E-state index in [0.29, 0.717) is 5.92 Å². The number of aromatic nitrogens is 1. The van der Waals surface area contributed by atoms with Crippen LogP contribution in [0.5, 0.6) is 0 Å². The minimum Gasteiger partial charge on any atom is -0.310 e. The number of rotatable bonds is 9. The van der Waals surface area contributed by atoms with Crippen LogP contribution in [0.4, 0.5) is 17.1 Å². The second-order valence-electron chi connectivity index (χ2n) is 17.9. The Labute approximate surface area is 387 Å². The van der Waals surface area contributed by atoms with Gasteiger partial charge in [-0.2, -0.15) is 0 Å². The Hall–Kier alpha value is -7.94. The highest BCUT2D eigenvalue weighted by atomic mass is 15.1. The molecule has 11 aromatic rings. The van der Waals surface area contributed by atoms with Crippen molar-refractivity contribution in [1.82, 2.24) is 4.57 Å². The number of hydrogen-bond acceptors (Lipinski definition) is 1. The smallest absolute Gasteiger partial charge is 0.0542 e. The Bertz CT molecular complexity index is 3480. The molecule has 1 aromatic heterocycles. The van der Waals surface area contributed by atoms with Crippen LogP contribution >= 0.6 is 0 Å². The summed E-state index contributed by atoms with van der Waals surface area (Å²) in [7, 11) is 0. The van der Waals surface area contributed by atoms with Gasteiger partial charge in [0.15, 0.2) is 0 Å². The summed E-state index contributed by atoms with van der Waals surface area (Å²) in [5.41, 5.74) is 18.2. The van der Waals surface area contributed by atoms with Crippen LogP contribution in [0.15, 0.2) is 237 Å². The highest BCUT2D eigenvalue weighted by molar-refractivity contribution is 6.11. The molecule has 0 bridgehead atoms. The first-order valence-corrected chi connectivity index (χ1v) is 23.6. The van der Waals surface area contributed by atoms with Crippen molar-refractivity contribution in [3.05, 3.63) is 242 Å². The predicted octanol–water partition coefficient (Wildman–Crippen LogP) is 18.1. The molecule has 1 fully saturated rings. The number of para-hydroxylation sites is 3. The summed E-state index contributed by atoms with van der Waals surface area (Å²) in [5.74, 6) is 0.577. The molecule has 0 N–H and O–H groups in total. The molecule has 2 heteroatoms. The summed E-state index contributed by atoms with van der Waals surface area (Å²) >= 11 is 0. The number of benzene rings is 10. The van der Waals surface area contributed by atoms with Crippen molar-refractivity contribution in [1.29, 1.82) is 0 Å². The normalized spacial score (nSPS) is 13.1. The van der Waals surface area contributed by atoms with Crippen LogP contribution in [-0.2, 0) is 0 Å². The molecule has 0 radical (unpaired) electrons. The molecule has 1 saturated carbocycles. The lowest BCUT2D eigenvalue weighted by molar-refractivity contribution is 0.445. The molecule has 0 atom stereocenters. The van der Waals surface area contributed by atoms with E-state index in [-0.39, 0.29) is 0 Å². The molecule has 0 saturated heterocycles. The summed E-state index contributed by atoms with van der Waals surface area (Å²) in [6.45, 7) is 0. The van der Waals surface area contributed by atoms with Crippen LogP contribution in [0.2, 0.25) is 0 Å². The fourth-order valence-electron chi connectivity index (χ4n) is 10.9. The van der Waals surface area contributed by atoms with Gasteiger partial charge in [-0.05, 0) is 135 Å². The van der Waals surface area contributed by atoms with Crippen LogP contribution in [0.25, 0.3) is 82.8 Å². The molecule has 0 amide bonds. The van der Waals surface area contributed by atoms with Crippen LogP contribution in [0.1, 0.15) is 43.6 Å². The summed E-state index contributed by atoms with van der Waals surface area (Å²) in [4.78, 5) is 2.49. The van der Waals surface area contributed by atoms with Crippen molar-refractivity contribution in [2.24, 2.45) is 0 Å². The van der Waals surface area contributed by atoms with Crippen molar-refractivity contribution >= 4 is 49.6 Å². The Morgan fingerprint density at radius 3 is 1.74 bits per heavy atom. The Morgan fingerprint density at radius 1 is 0.364 bits per heavy atom. The van der Waals surface area contributed by atoms with E-state index in [0.717, 1.165) is 22.7 Å². The maximum Gasteiger partial charge on any atom is 0.0542 e. The Morgan fingerprint density at radius 2 is 0.970 bits per heavy atom. The molecule has 12 rings (SSSR count). The van der Waals surface area contributed by atoms with Gasteiger partial charge < -0.3 is 9.47 Å². The van der Waals surface area contributed by atoms with Gasteiger partial charge in [0.05, 0.1) is 16.7 Å². The average Bonchev–Trinajstić information content (AvgIpc) is 3.73. The topological polar surface area (TPSA) is 8.17 Å². The van der Waals surface area contributed by atoms with Crippen molar-refractivity contribution in [3.63, 3.8) is 0 Å². The quantitative estimate of drug-likeness (QED) is 0.140. The average molecular weight is 847 g/mol. The Kier molecular flexibility index (Phi) is 10.3. The Balaban J connectivity index is 1.04. The minimum absolute atomic E-state index is 0.577. The van der Waals surface area contributed by atoms with Crippen LogP contribution in [0.3, 0.4) is 0 Å². The lowest BCUT2D eigenvalue weighted by Gasteiger charge is -2.29. The molecule has 0 unspecified atom stereocenters. The summed E-state index contributed by atoms with van der Waals surface area (Å²) in [5, 5.41) is 5.16. The summed E-state index contributed by atoms with van der Waals surface area (Å²) < 4.78 is 2.40. The first-order valence-electron chi connectivity index (χ1n) is 23.6. The standard InChI is InChI=1S/C64H50N2/c1-5-19-46(20-6-1)54-41-37-50(43-59(54)48-23-9-3-10-24-48)45-35-38-52(39-36-45)65(53-40-42-63-60(44-53)57-30-14-16-34-62(57)66(63)51-27-11-4-12-28-51)61-33-15-13-29-56(61)58-32-18-26-49-25-17-31-55(64(49)58)47-21-7-2-8-22-47/h1,3-6,9-20,23-44,47H,2,7-8,21-22H2. The van der Waals surface area contributed by atoms with Crippen LogP contribution in [0, 0.1) is 0 Å². The van der Waals surface area contributed by atoms with E-state index < -0.39 is 0 Å². The number of anilines is 3. The third kappa shape index (κ3) is 7.16. The molecule has 1 aliphatic rings. The van der Waals surface area contributed by atoms with E-state index in [4.69, 9.17) is 0 Å². The highest BCUT2D eigenvalue weighted by Crippen LogP contribution is 2.47. The number of nitrogens with zero attached hydrogens (tertiary/aromatic N) is 2. The van der Waals surface area contributed by atoms with Gasteiger partial charge in [-0.15, -0.1) is 0 Å². The second-order valence-corrected chi connectivity index (χ2v) is 17.9. The molecule has 0 aliphatic heterocycles. The molecule has 10 aromatic carbocycles. The first kappa shape index (κ1) is 39.6. The van der Waals surface area contributed by atoms with E-state index in [1.54, 1.807) is 0 Å². The maximum atomic E-state index is 2.49. The van der Waals surface area contributed by atoms with Gasteiger partial charge in [-0.25, -0.2) is 0 Å². The molecular weight excluding hydrogens is 797 g/mol. The predicted molar refractivity (Wildman–Crippen MR) is 281 cm³/mol. The van der Waals surface area contributed by atoms with E-state index in [2.05, 4.69) is 246 Å². The fourth-order valence-corrected chi connectivity index (χ4v) is 10.9. The molecule has 0 spiro atoms. The summed E-state index contributed by atoms with van der Waals surface area (Å²) in [6, 6.07) is 87.2. The van der Waals surface area contributed by atoms with E-state index in [1.165, 1.54) is 115 Å². The molecular formula is C64H50N2. The van der Waals surface area contributed by atoms with Crippen molar-refractivity contribution in [2.75, 3.05) is 4.90 Å². The number of hydrogen-bond donors (Lipinski definition) is 0. The monoisotopic (exact) mass is 846 g/mol. The van der Waals surface area contributed by atoms with Crippen molar-refractivity contribution in [2.45, 2.75) is 38.0 Å². The SMILES string of the molecule is c1ccc(-c2ccc(-c3ccc(N(c4ccc5c(c4)c4ccccc4n5-c4ccccc4)c4ccccc4-c4cccc5cccc(C6CCCCC6)c45)cc3)cc2-c2ccccc2)cc1. The van der Waals surface area contributed by atoms with Crippen molar-refractivity contribution in [3.8, 4) is 50.2 Å². The van der Waals surface area contributed by atoms with E-state index >= 15 is 0 Å². The van der Waals surface area contributed by atoms with Crippen LogP contribution in [-0.4, -0.2) is 4.57 Å². The molecule has 1 aliphatic carbocycles. The zero-order valence-corrected chi connectivity index (χ0v) is 37.0. The molecule has 2 nitrogen and oxygen atoms in total. The maximum absolute atomic E-state index is 2.49. The van der Waals surface area contributed by atoms with Gasteiger partial charge in [0.2, 0.25) is 0 Å². The lowest BCUT2D eigenvalue weighted by atomic mass is 9.80. The van der Waals surface area contributed by atoms with Gasteiger partial charge >= 0.3 is 0 Å². The third-order valence-electron chi connectivity index (χ3n) is 14.0. The fraction of sp³-hybridized carbons (Fsp3) is 0.0938. The molecule has 316 valence electrons. The lowest BCUT2D eigenvalue weighted by Crippen LogP contribution is -2.11. The van der Waals surface area contributed by atoms with Gasteiger partial charge in [0.25, 0.3) is 0 Å². The van der Waals surface area contributed by atoms with Gasteiger partial charge in [-0.3, -0.25) is 0 Å². The largest absolute Gasteiger partial charge is 0.310 e.